The van der Waals surface area contributed by atoms with Crippen molar-refractivity contribution in [2.45, 2.75) is 44.6 Å². The summed E-state index contributed by atoms with van der Waals surface area (Å²) in [6.07, 6.45) is -13.5. The van der Waals surface area contributed by atoms with E-state index in [9.17, 15) is 0 Å². The molecule has 2 aliphatic heterocycles. The van der Waals surface area contributed by atoms with E-state index in [1.54, 1.807) is 48.5 Å². The van der Waals surface area contributed by atoms with E-state index in [0.717, 1.165) is 0 Å². The number of nitrogens with one attached hydrogen (secondary N) is 1. The van der Waals surface area contributed by atoms with Gasteiger partial charge in [0.25, 0.3) is 0 Å². The average Bonchev–Trinajstić information content (AvgIpc) is 3.25. The molecule has 0 amide bonds. The van der Waals surface area contributed by atoms with Gasteiger partial charge in [0.15, 0.2) is 0 Å². The largest absolute Gasteiger partial charge is 0.382 e. The molecule has 0 atom stereocenters. The third-order valence-corrected chi connectivity index (χ3v) is 5.08. The molecule has 4 nitrogen and oxygen atoms in total. The summed E-state index contributed by atoms with van der Waals surface area (Å²) in [4.78, 5) is 4.49. The lowest BCUT2D eigenvalue weighted by atomic mass is 10.0. The van der Waals surface area contributed by atoms with Gasteiger partial charge in [-0.05, 0) is 60.8 Å². The van der Waals surface area contributed by atoms with Crippen molar-refractivity contribution in [3.63, 3.8) is 0 Å². The first kappa shape index (κ1) is 9.97. The van der Waals surface area contributed by atoms with Gasteiger partial charge in [0, 0.05) is 78.4 Å². The quantitative estimate of drug-likeness (QED) is 0.251. The van der Waals surface area contributed by atoms with Gasteiger partial charge in [0.2, 0.25) is 0 Å². The van der Waals surface area contributed by atoms with E-state index >= 15 is 0 Å². The number of hydrogen-bond donors (Lipinski definition) is 1. The highest BCUT2D eigenvalue weighted by Gasteiger charge is 2.19. The Bertz CT molecular complexity index is 2450. The molecule has 4 heteroatoms. The van der Waals surface area contributed by atoms with Crippen LogP contribution in [0.4, 0.5) is 11.4 Å². The number of aliphatic imine (C=N–C) groups is 1. The Hall–Kier alpha value is -3.73. The normalized spacial score (nSPS) is 37.2. The standard InChI is InChI=1S/C18H22N2.C18H20N2/c2*1-3-7-16(8-4-1)15-20-13-11-18(12-14-20)19-17-9-5-2-6-10-17/h1-10,18-19H,11-15H2;1-10H,11-15H2/i2D,5D,6D,9D,10D,11D2,12D2,13D2,14D2,18D;2D,5D,6D,9D,10D,11D2,12D2,13D2,14D2. The fourth-order valence-corrected chi connectivity index (χ4v) is 3.26. The highest BCUT2D eigenvalue weighted by atomic mass is 15.1. The maximum absolute atomic E-state index is 8.73. The summed E-state index contributed by atoms with van der Waals surface area (Å²) in [5.41, 5.74) is -2.09. The topological polar surface area (TPSA) is 30.9 Å². The number of hydrogen-bond acceptors (Lipinski definition) is 4. The Morgan fingerprint density at radius 3 is 1.75 bits per heavy atom. The van der Waals surface area contributed by atoms with Crippen LogP contribution in [-0.4, -0.2) is 47.5 Å². The molecule has 2 saturated heterocycles. The molecule has 0 spiro atoms. The average molecular weight is 558 g/mol. The number of benzene rings is 4. The molecule has 2 heterocycles. The summed E-state index contributed by atoms with van der Waals surface area (Å²) in [6.45, 7) is -13.8. The van der Waals surface area contributed by atoms with Crippen molar-refractivity contribution in [2.75, 3.05) is 31.3 Å². The van der Waals surface area contributed by atoms with Crippen LogP contribution in [0.25, 0.3) is 0 Å². The molecule has 4 aromatic carbocycles. The van der Waals surface area contributed by atoms with Crippen molar-refractivity contribution in [1.29, 1.82) is 0 Å². The lowest BCUT2D eigenvalue weighted by Gasteiger charge is -2.32. The van der Waals surface area contributed by atoms with Crippen LogP contribution in [0.2, 0.25) is 0 Å². The van der Waals surface area contributed by atoms with Crippen molar-refractivity contribution in [3.8, 4) is 0 Å². The zero-order valence-electron chi connectivity index (χ0n) is 48.0. The predicted octanol–water partition coefficient (Wildman–Crippen LogP) is 7.82. The Kier molecular flexibility index (Phi) is 3.78. The number of piperidine rings is 2. The van der Waals surface area contributed by atoms with Gasteiger partial charge in [-0.25, -0.2) is 0 Å². The van der Waals surface area contributed by atoms with E-state index in [4.69, 9.17) is 37.0 Å². The van der Waals surface area contributed by atoms with E-state index in [1.807, 2.05) is 5.32 Å². The van der Waals surface area contributed by atoms with E-state index < -0.39 is 148 Å². The molecule has 1 N–H and O–H groups in total. The second-order valence-corrected chi connectivity index (χ2v) is 8.02. The smallest absolute Gasteiger partial charge is 0.0645 e. The molecular weight excluding hydrogens is 488 g/mol. The number of nitrogens with zero attached hydrogens (tertiary/aromatic N) is 3. The number of para-hydroxylation sites is 2. The van der Waals surface area contributed by atoms with Crippen molar-refractivity contribution in [2.24, 2.45) is 4.99 Å². The molecule has 40 heavy (non-hydrogen) atoms. The molecule has 0 bridgehead atoms. The predicted molar refractivity (Wildman–Crippen MR) is 169 cm³/mol. The highest BCUT2D eigenvalue weighted by Crippen LogP contribution is 2.19. The first-order valence-electron chi connectivity index (χ1n) is 25.5. The van der Waals surface area contributed by atoms with Crippen LogP contribution >= 0.6 is 0 Å². The summed E-state index contributed by atoms with van der Waals surface area (Å²) in [7, 11) is 0. The van der Waals surface area contributed by atoms with E-state index in [0.29, 0.717) is 20.9 Å². The van der Waals surface area contributed by atoms with Crippen LogP contribution in [0.1, 0.15) is 73.6 Å². The zero-order valence-corrected chi connectivity index (χ0v) is 21.0. The summed E-state index contributed by atoms with van der Waals surface area (Å²) in [6, 6.07) is 4.32. The highest BCUT2D eigenvalue weighted by molar-refractivity contribution is 5.87. The second-order valence-electron chi connectivity index (χ2n) is 8.02. The lowest BCUT2D eigenvalue weighted by Crippen LogP contribution is -2.38. The summed E-state index contributed by atoms with van der Waals surface area (Å²) in [5.74, 6) is 0. The van der Waals surface area contributed by atoms with Crippen LogP contribution in [-0.2, 0) is 13.1 Å². The molecule has 0 radical (unpaired) electrons. The minimum Gasteiger partial charge on any atom is -0.382 e. The minimum atomic E-state index is -3.49. The van der Waals surface area contributed by atoms with Gasteiger partial charge >= 0.3 is 0 Å². The Morgan fingerprint density at radius 2 is 1.20 bits per heavy atom. The van der Waals surface area contributed by atoms with Crippen LogP contribution < -0.4 is 5.32 Å². The first-order valence-corrected chi connectivity index (χ1v) is 12.0. The Morgan fingerprint density at radius 1 is 0.700 bits per heavy atom. The molecule has 0 aromatic heterocycles. The van der Waals surface area contributed by atoms with Gasteiger partial charge in [0.1, 0.15) is 0 Å². The van der Waals surface area contributed by atoms with Crippen molar-refractivity contribution in [1.82, 2.24) is 9.80 Å². The lowest BCUT2D eigenvalue weighted by molar-refractivity contribution is 0.211. The minimum absolute atomic E-state index is 0.367. The second kappa shape index (κ2) is 15.2. The van der Waals surface area contributed by atoms with Crippen molar-refractivity contribution < 1.29 is 37.0 Å². The van der Waals surface area contributed by atoms with E-state index in [1.165, 1.54) is 12.1 Å². The maximum Gasteiger partial charge on any atom is 0.0645 e. The molecule has 0 aliphatic carbocycles. The monoisotopic (exact) mass is 558 g/mol. The summed E-state index contributed by atoms with van der Waals surface area (Å²) in [5, 5.41) is 1.99. The molecule has 2 fully saturated rings. The molecule has 2 aliphatic rings. The molecule has 0 saturated carbocycles. The molecule has 0 unspecified atom stereocenters. The molecule has 6 rings (SSSR count). The van der Waals surface area contributed by atoms with Gasteiger partial charge in [-0.3, -0.25) is 14.8 Å². The molecule has 4 aromatic rings. The van der Waals surface area contributed by atoms with Crippen LogP contribution in [0.15, 0.2) is 126 Å². The third kappa shape index (κ3) is 9.18. The number of likely N-dealkylation sites (tertiary alicyclic amines) is 2. The van der Waals surface area contributed by atoms with Gasteiger partial charge in [-0.1, -0.05) is 96.9 Å². The van der Waals surface area contributed by atoms with E-state index in [-0.39, 0.29) is 0 Å². The molecular formula is C36H42N4. The van der Waals surface area contributed by atoms with Gasteiger partial charge in [-0.15, -0.1) is 0 Å². The van der Waals surface area contributed by atoms with Crippen molar-refractivity contribution >= 4 is 17.1 Å². The van der Waals surface area contributed by atoms with Crippen LogP contribution in [0.5, 0.6) is 0 Å². The summed E-state index contributed by atoms with van der Waals surface area (Å²) >= 11 is 0. The fourth-order valence-electron chi connectivity index (χ4n) is 3.26. The number of rotatable bonds is 7. The van der Waals surface area contributed by atoms with Gasteiger partial charge < -0.3 is 5.32 Å². The first-order chi connectivity index (χ1) is 30.3. The summed E-state index contributed by atoms with van der Waals surface area (Å²) < 4.78 is 222. The number of anilines is 1. The zero-order chi connectivity index (χ0) is 51.2. The third-order valence-electron chi connectivity index (χ3n) is 5.08. The van der Waals surface area contributed by atoms with Crippen LogP contribution in [0.3, 0.4) is 0 Å². The van der Waals surface area contributed by atoms with Crippen molar-refractivity contribution in [3.05, 3.63) is 132 Å². The Labute approximate surface area is 278 Å². The SMILES string of the molecule is [2H]c1c([2H])c([2H])c(N=C2C([2H])([2H])C([2H])([2H])N(Cc3ccccc3)C([2H])([2H])C2([2H])[2H])c([2H])c1[2H].[2H]c1c([2H])c([2H])c(NC2([2H])C([2H])([2H])C([2H])([2H])N(Cc3ccccc3)C([2H])([2H])C2([2H])[2H])c([2H])c1[2H]. The van der Waals surface area contributed by atoms with Gasteiger partial charge in [0.05, 0.1) is 20.8 Å². The fraction of sp³-hybridized carbons (Fsp3) is 0.306. The Balaban J connectivity index is 0.000000251. The molecule has 206 valence electrons. The van der Waals surface area contributed by atoms with Gasteiger partial charge in [-0.2, -0.15) is 0 Å². The maximum atomic E-state index is 8.73. The van der Waals surface area contributed by atoms with Crippen LogP contribution in [0, 0.1) is 0 Å². The van der Waals surface area contributed by atoms with E-state index in [2.05, 4.69) is 4.99 Å².